The molecule has 0 spiro atoms. The second-order valence-electron chi connectivity index (χ2n) is 2.65. The van der Waals surface area contributed by atoms with Crippen LogP contribution in [-0.2, 0) is 0 Å². The number of aryl methyl sites for hydroxylation is 1. The van der Waals surface area contributed by atoms with Gasteiger partial charge < -0.3 is 0 Å². The van der Waals surface area contributed by atoms with Crippen LogP contribution < -0.4 is 0 Å². The summed E-state index contributed by atoms with van der Waals surface area (Å²) >= 11 is 11.3. The van der Waals surface area contributed by atoms with Gasteiger partial charge in [0, 0.05) is 9.37 Å². The van der Waals surface area contributed by atoms with Gasteiger partial charge in [-0.25, -0.2) is 0 Å². The van der Waals surface area contributed by atoms with E-state index in [-0.39, 0.29) is 0 Å². The van der Waals surface area contributed by atoms with Gasteiger partial charge in [0.05, 0.1) is 5.02 Å². The van der Waals surface area contributed by atoms with E-state index in [2.05, 4.69) is 29.8 Å². The number of thioether (sulfide) groups is 1. The quantitative estimate of drug-likeness (QED) is 0.677. The first-order chi connectivity index (χ1) is 5.57. The highest BCUT2D eigenvalue weighted by Crippen LogP contribution is 2.36. The first-order valence-corrected chi connectivity index (χ1v) is 5.96. The Balaban J connectivity index is 3.40. The molecule has 3 heteroatoms. The maximum absolute atomic E-state index is 6.06. The Hall–Kier alpha value is 0.340. The van der Waals surface area contributed by atoms with Crippen LogP contribution in [0.4, 0.5) is 0 Å². The number of hydrogen-bond acceptors (Lipinski definition) is 1. The fraction of sp³-hybridized carbons (Fsp3) is 0.333. The molecule has 0 aromatic heterocycles. The van der Waals surface area contributed by atoms with Crippen LogP contribution in [0, 0.1) is 13.8 Å². The lowest BCUT2D eigenvalue weighted by molar-refractivity contribution is 1.24. The number of benzene rings is 1. The molecule has 0 bridgehead atoms. The number of hydrogen-bond donors (Lipinski definition) is 0. The highest BCUT2D eigenvalue weighted by Gasteiger charge is 2.08. The van der Waals surface area contributed by atoms with Crippen molar-refractivity contribution in [3.63, 3.8) is 0 Å². The Morgan fingerprint density at radius 2 is 2.00 bits per heavy atom. The van der Waals surface area contributed by atoms with Gasteiger partial charge in [-0.05, 0) is 53.2 Å². The van der Waals surface area contributed by atoms with Crippen molar-refractivity contribution in [1.82, 2.24) is 0 Å². The molecule has 0 saturated heterocycles. The van der Waals surface area contributed by atoms with Crippen LogP contribution in [-0.4, -0.2) is 6.26 Å². The Morgan fingerprint density at radius 1 is 1.42 bits per heavy atom. The third kappa shape index (κ3) is 1.81. The van der Waals surface area contributed by atoms with Gasteiger partial charge in [-0.3, -0.25) is 0 Å². The molecule has 12 heavy (non-hydrogen) atoms. The lowest BCUT2D eigenvalue weighted by Gasteiger charge is -2.09. The minimum absolute atomic E-state index is 0.831. The minimum Gasteiger partial charge on any atom is -0.127 e. The van der Waals surface area contributed by atoms with E-state index >= 15 is 0 Å². The first-order valence-electron chi connectivity index (χ1n) is 3.57. The standard InChI is InChI=1S/C9H10BrClS/c1-5-4-7(11)9(12-3)8(10)6(5)2/h4H,1-3H3. The summed E-state index contributed by atoms with van der Waals surface area (Å²) in [4.78, 5) is 1.12. The minimum atomic E-state index is 0.831. The van der Waals surface area contributed by atoms with E-state index in [4.69, 9.17) is 11.6 Å². The van der Waals surface area contributed by atoms with E-state index in [1.54, 1.807) is 11.8 Å². The largest absolute Gasteiger partial charge is 0.127 e. The summed E-state index contributed by atoms with van der Waals surface area (Å²) in [5, 5.41) is 0.831. The molecule has 0 fully saturated rings. The van der Waals surface area contributed by atoms with E-state index in [0.717, 1.165) is 14.4 Å². The van der Waals surface area contributed by atoms with Gasteiger partial charge in [0.1, 0.15) is 0 Å². The summed E-state index contributed by atoms with van der Waals surface area (Å²) in [7, 11) is 0. The van der Waals surface area contributed by atoms with Gasteiger partial charge in [-0.2, -0.15) is 0 Å². The smallest absolute Gasteiger partial charge is 0.0556 e. The molecule has 0 aliphatic rings. The molecule has 0 N–H and O–H groups in total. The molecule has 0 amide bonds. The molecule has 0 unspecified atom stereocenters. The summed E-state index contributed by atoms with van der Waals surface area (Å²) in [5.41, 5.74) is 2.49. The summed E-state index contributed by atoms with van der Waals surface area (Å²) in [6.07, 6.45) is 2.03. The predicted octanol–water partition coefficient (Wildman–Crippen LogP) is 4.44. The zero-order valence-electron chi connectivity index (χ0n) is 7.24. The Bertz CT molecular complexity index is 310. The monoisotopic (exact) mass is 264 g/mol. The highest BCUT2D eigenvalue weighted by atomic mass is 79.9. The van der Waals surface area contributed by atoms with Crippen LogP contribution in [0.15, 0.2) is 15.4 Å². The molecule has 66 valence electrons. The molecular formula is C9H10BrClS. The van der Waals surface area contributed by atoms with E-state index in [9.17, 15) is 0 Å². The topological polar surface area (TPSA) is 0 Å². The normalized spacial score (nSPS) is 10.4. The van der Waals surface area contributed by atoms with Crippen LogP contribution >= 0.6 is 39.3 Å². The van der Waals surface area contributed by atoms with Crippen LogP contribution in [0.1, 0.15) is 11.1 Å². The van der Waals surface area contributed by atoms with Crippen molar-refractivity contribution in [1.29, 1.82) is 0 Å². The van der Waals surface area contributed by atoms with Crippen LogP contribution in [0.2, 0.25) is 5.02 Å². The fourth-order valence-corrected chi connectivity index (χ4v) is 3.20. The van der Waals surface area contributed by atoms with Gasteiger partial charge in [-0.15, -0.1) is 11.8 Å². The third-order valence-electron chi connectivity index (χ3n) is 1.88. The highest BCUT2D eigenvalue weighted by molar-refractivity contribution is 9.10. The molecule has 1 rings (SSSR count). The fourth-order valence-electron chi connectivity index (χ4n) is 0.999. The SMILES string of the molecule is CSc1c(Cl)cc(C)c(C)c1Br. The van der Waals surface area contributed by atoms with Crippen molar-refractivity contribution in [2.24, 2.45) is 0 Å². The maximum Gasteiger partial charge on any atom is 0.0556 e. The maximum atomic E-state index is 6.06. The molecule has 0 aliphatic heterocycles. The van der Waals surface area contributed by atoms with Crippen molar-refractivity contribution in [2.45, 2.75) is 18.7 Å². The summed E-state index contributed by atoms with van der Waals surface area (Å²) in [5.74, 6) is 0. The number of rotatable bonds is 1. The van der Waals surface area contributed by atoms with E-state index in [1.807, 2.05) is 12.3 Å². The van der Waals surface area contributed by atoms with Crippen molar-refractivity contribution in [3.05, 3.63) is 26.7 Å². The van der Waals surface area contributed by atoms with Crippen LogP contribution in [0.3, 0.4) is 0 Å². The Morgan fingerprint density at radius 3 is 2.50 bits per heavy atom. The summed E-state index contributed by atoms with van der Waals surface area (Å²) in [6, 6.07) is 2.01. The predicted molar refractivity (Wildman–Crippen MR) is 60.4 cm³/mol. The van der Waals surface area contributed by atoms with Crippen molar-refractivity contribution in [2.75, 3.05) is 6.26 Å². The third-order valence-corrected chi connectivity index (χ3v) is 4.38. The molecule has 0 aliphatic carbocycles. The van der Waals surface area contributed by atoms with Gasteiger partial charge >= 0.3 is 0 Å². The lowest BCUT2D eigenvalue weighted by Crippen LogP contribution is -1.86. The molecule has 0 nitrogen and oxygen atoms in total. The van der Waals surface area contributed by atoms with E-state index in [0.29, 0.717) is 0 Å². The molecule has 0 radical (unpaired) electrons. The van der Waals surface area contributed by atoms with Gasteiger partial charge in [0.15, 0.2) is 0 Å². The lowest BCUT2D eigenvalue weighted by atomic mass is 10.1. The zero-order chi connectivity index (χ0) is 9.30. The summed E-state index contributed by atoms with van der Waals surface area (Å²) < 4.78 is 1.13. The molecule has 1 aromatic carbocycles. The zero-order valence-corrected chi connectivity index (χ0v) is 10.4. The van der Waals surface area contributed by atoms with Gasteiger partial charge in [0.2, 0.25) is 0 Å². The van der Waals surface area contributed by atoms with Crippen molar-refractivity contribution in [3.8, 4) is 0 Å². The average Bonchev–Trinajstić information content (AvgIpc) is 2.01. The van der Waals surface area contributed by atoms with Crippen molar-refractivity contribution >= 4 is 39.3 Å². The molecule has 1 aromatic rings. The number of halogens is 2. The second kappa shape index (κ2) is 4.03. The summed E-state index contributed by atoms with van der Waals surface area (Å²) in [6.45, 7) is 4.16. The van der Waals surface area contributed by atoms with Crippen LogP contribution in [0.5, 0.6) is 0 Å². The Labute approximate surface area is 90.8 Å². The van der Waals surface area contributed by atoms with E-state index < -0.39 is 0 Å². The molecule has 0 saturated carbocycles. The van der Waals surface area contributed by atoms with Crippen LogP contribution in [0.25, 0.3) is 0 Å². The van der Waals surface area contributed by atoms with Gasteiger partial charge in [-0.1, -0.05) is 11.6 Å². The average molecular weight is 266 g/mol. The van der Waals surface area contributed by atoms with Gasteiger partial charge in [0.25, 0.3) is 0 Å². The molecular weight excluding hydrogens is 256 g/mol. The first kappa shape index (κ1) is 10.4. The molecule has 0 heterocycles. The second-order valence-corrected chi connectivity index (χ2v) is 4.66. The van der Waals surface area contributed by atoms with E-state index in [1.165, 1.54) is 11.1 Å². The van der Waals surface area contributed by atoms with Crippen molar-refractivity contribution < 1.29 is 0 Å². The Kier molecular flexibility index (Phi) is 3.50. The molecule has 0 atom stereocenters.